The highest BCUT2D eigenvalue weighted by atomic mass is 16.7. The van der Waals surface area contributed by atoms with Crippen LogP contribution in [0.3, 0.4) is 0 Å². The van der Waals surface area contributed by atoms with Crippen LogP contribution in [0.1, 0.15) is 24.2 Å². The second-order valence-electron chi connectivity index (χ2n) is 5.99. The molecular formula is C20H20N2O6. The van der Waals surface area contributed by atoms with Crippen LogP contribution in [0.25, 0.3) is 0 Å². The first kappa shape index (κ1) is 19.2. The molecule has 146 valence electrons. The topological polar surface area (TPSA) is 94.2 Å². The van der Waals surface area contributed by atoms with Gasteiger partial charge in [0.05, 0.1) is 12.2 Å². The summed E-state index contributed by atoms with van der Waals surface area (Å²) in [5, 5.41) is 2.73. The molecule has 0 fully saturated rings. The van der Waals surface area contributed by atoms with E-state index in [2.05, 4.69) is 5.32 Å². The monoisotopic (exact) mass is 384 g/mol. The molecule has 0 aromatic heterocycles. The van der Waals surface area contributed by atoms with E-state index in [-0.39, 0.29) is 31.8 Å². The summed E-state index contributed by atoms with van der Waals surface area (Å²) in [7, 11) is 0. The zero-order valence-electron chi connectivity index (χ0n) is 15.6. The maximum atomic E-state index is 12.4. The zero-order chi connectivity index (χ0) is 20.1. The number of benzene rings is 2. The van der Waals surface area contributed by atoms with Gasteiger partial charge in [-0.05, 0) is 43.3 Å². The first-order valence-electron chi connectivity index (χ1n) is 8.72. The summed E-state index contributed by atoms with van der Waals surface area (Å²) >= 11 is 0. The summed E-state index contributed by atoms with van der Waals surface area (Å²) in [6, 6.07) is 11.4. The minimum absolute atomic E-state index is 0.145. The largest absolute Gasteiger partial charge is 0.462 e. The molecule has 2 aromatic carbocycles. The van der Waals surface area contributed by atoms with Gasteiger partial charge in [0, 0.05) is 24.4 Å². The van der Waals surface area contributed by atoms with Gasteiger partial charge in [-0.3, -0.25) is 9.59 Å². The summed E-state index contributed by atoms with van der Waals surface area (Å²) in [5.41, 5.74) is 1.41. The van der Waals surface area contributed by atoms with Crippen LogP contribution >= 0.6 is 0 Å². The predicted molar refractivity (Wildman–Crippen MR) is 102 cm³/mol. The number of nitrogens with zero attached hydrogens (tertiary/aromatic N) is 1. The number of esters is 1. The van der Waals surface area contributed by atoms with E-state index in [1.807, 2.05) is 0 Å². The van der Waals surface area contributed by atoms with Crippen LogP contribution in [0.4, 0.5) is 11.4 Å². The third kappa shape index (κ3) is 4.40. The molecule has 0 atom stereocenters. The Kier molecular flexibility index (Phi) is 5.78. The van der Waals surface area contributed by atoms with Gasteiger partial charge in [0.25, 0.3) is 0 Å². The molecule has 0 spiro atoms. The van der Waals surface area contributed by atoms with Crippen molar-refractivity contribution < 1.29 is 28.6 Å². The van der Waals surface area contributed by atoms with Crippen LogP contribution in [0, 0.1) is 0 Å². The van der Waals surface area contributed by atoms with E-state index in [0.29, 0.717) is 28.4 Å². The van der Waals surface area contributed by atoms with Crippen LogP contribution < -0.4 is 19.7 Å². The molecular weight excluding hydrogens is 364 g/mol. The van der Waals surface area contributed by atoms with Gasteiger partial charge in [-0.15, -0.1) is 0 Å². The quantitative estimate of drug-likeness (QED) is 0.770. The number of fused-ring (bicyclic) bond motifs is 1. The number of rotatable bonds is 6. The summed E-state index contributed by atoms with van der Waals surface area (Å²) in [6.45, 7) is 3.34. The molecule has 1 aliphatic heterocycles. The van der Waals surface area contributed by atoms with Gasteiger partial charge in [0.1, 0.15) is 6.54 Å². The molecule has 8 nitrogen and oxygen atoms in total. The highest BCUT2D eigenvalue weighted by Gasteiger charge is 2.18. The number of carbonyl (C=O) groups excluding carboxylic acids is 3. The van der Waals surface area contributed by atoms with E-state index in [1.54, 1.807) is 49.4 Å². The lowest BCUT2D eigenvalue weighted by molar-refractivity contribution is -0.120. The molecule has 8 heteroatoms. The molecule has 1 N–H and O–H groups in total. The van der Waals surface area contributed by atoms with Gasteiger partial charge in [0.15, 0.2) is 11.5 Å². The highest BCUT2D eigenvalue weighted by Crippen LogP contribution is 2.34. The highest BCUT2D eigenvalue weighted by molar-refractivity contribution is 6.02. The minimum atomic E-state index is -0.441. The Balaban J connectivity index is 1.68. The number of hydrogen-bond acceptors (Lipinski definition) is 6. The van der Waals surface area contributed by atoms with Crippen molar-refractivity contribution in [2.75, 3.05) is 30.2 Å². The van der Waals surface area contributed by atoms with Crippen LogP contribution in [0.2, 0.25) is 0 Å². The van der Waals surface area contributed by atoms with Crippen molar-refractivity contribution in [3.8, 4) is 11.5 Å². The number of carbonyl (C=O) groups is 3. The lowest BCUT2D eigenvalue weighted by Crippen LogP contribution is -2.36. The summed E-state index contributed by atoms with van der Waals surface area (Å²) in [5.74, 6) is 0.0538. The molecule has 0 saturated carbocycles. The Hall–Kier alpha value is -3.55. The Morgan fingerprint density at radius 3 is 2.46 bits per heavy atom. The standard InChI is InChI=1S/C20H20N2O6/c1-3-26-20(25)14-4-7-16(8-5-14)22(13(2)23)11-19(24)21-15-6-9-17-18(10-15)28-12-27-17/h4-10H,3,11-12H2,1-2H3,(H,21,24). The maximum Gasteiger partial charge on any atom is 0.338 e. The Bertz CT molecular complexity index is 894. The minimum Gasteiger partial charge on any atom is -0.462 e. The third-order valence-corrected chi connectivity index (χ3v) is 4.03. The molecule has 1 heterocycles. The third-order valence-electron chi connectivity index (χ3n) is 4.03. The average molecular weight is 384 g/mol. The second-order valence-corrected chi connectivity index (χ2v) is 5.99. The fourth-order valence-electron chi connectivity index (χ4n) is 2.69. The zero-order valence-corrected chi connectivity index (χ0v) is 15.6. The maximum absolute atomic E-state index is 12.4. The van der Waals surface area contributed by atoms with Crippen LogP contribution in [-0.2, 0) is 14.3 Å². The number of amides is 2. The van der Waals surface area contributed by atoms with Gasteiger partial charge in [0.2, 0.25) is 18.6 Å². The molecule has 0 saturated heterocycles. The second kappa shape index (κ2) is 8.43. The number of ether oxygens (including phenoxy) is 3. The Morgan fingerprint density at radius 1 is 1.07 bits per heavy atom. The van der Waals surface area contributed by atoms with Gasteiger partial charge in [-0.25, -0.2) is 4.79 Å². The summed E-state index contributed by atoms with van der Waals surface area (Å²) < 4.78 is 15.5. The van der Waals surface area contributed by atoms with Crippen LogP contribution in [0.5, 0.6) is 11.5 Å². The molecule has 0 radical (unpaired) electrons. The lowest BCUT2D eigenvalue weighted by atomic mass is 10.2. The molecule has 28 heavy (non-hydrogen) atoms. The van der Waals surface area contributed by atoms with Crippen molar-refractivity contribution in [2.45, 2.75) is 13.8 Å². The van der Waals surface area contributed by atoms with E-state index in [9.17, 15) is 14.4 Å². The van der Waals surface area contributed by atoms with E-state index in [0.717, 1.165) is 0 Å². The van der Waals surface area contributed by atoms with Crippen molar-refractivity contribution in [1.82, 2.24) is 0 Å². The van der Waals surface area contributed by atoms with Gasteiger partial charge in [-0.2, -0.15) is 0 Å². The van der Waals surface area contributed by atoms with Gasteiger partial charge in [-0.1, -0.05) is 0 Å². The summed E-state index contributed by atoms with van der Waals surface area (Å²) in [4.78, 5) is 37.5. The Labute approximate surface area is 162 Å². The molecule has 0 aliphatic carbocycles. The smallest absolute Gasteiger partial charge is 0.338 e. The molecule has 2 amide bonds. The first-order valence-corrected chi connectivity index (χ1v) is 8.72. The number of nitrogens with one attached hydrogen (secondary N) is 1. The van der Waals surface area contributed by atoms with Crippen molar-refractivity contribution in [1.29, 1.82) is 0 Å². The van der Waals surface area contributed by atoms with E-state index in [4.69, 9.17) is 14.2 Å². The van der Waals surface area contributed by atoms with Crippen LogP contribution in [0.15, 0.2) is 42.5 Å². The van der Waals surface area contributed by atoms with Crippen LogP contribution in [-0.4, -0.2) is 37.7 Å². The van der Waals surface area contributed by atoms with Gasteiger partial charge >= 0.3 is 5.97 Å². The summed E-state index contributed by atoms with van der Waals surface area (Å²) in [6.07, 6.45) is 0. The molecule has 0 unspecified atom stereocenters. The van der Waals surface area contributed by atoms with E-state index < -0.39 is 5.97 Å². The van der Waals surface area contributed by atoms with Gasteiger partial charge < -0.3 is 24.4 Å². The SMILES string of the molecule is CCOC(=O)c1ccc(N(CC(=O)Nc2ccc3c(c2)OCO3)C(C)=O)cc1. The average Bonchev–Trinajstić information content (AvgIpc) is 3.14. The van der Waals surface area contributed by atoms with Crippen molar-refractivity contribution in [3.05, 3.63) is 48.0 Å². The predicted octanol–water partition coefficient (Wildman–Crippen LogP) is 2.58. The molecule has 2 aromatic rings. The fraction of sp³-hybridized carbons (Fsp3) is 0.250. The lowest BCUT2D eigenvalue weighted by Gasteiger charge is -2.21. The van der Waals surface area contributed by atoms with Crippen molar-refractivity contribution in [2.24, 2.45) is 0 Å². The Morgan fingerprint density at radius 2 is 1.79 bits per heavy atom. The van der Waals surface area contributed by atoms with E-state index in [1.165, 1.54) is 11.8 Å². The molecule has 0 bridgehead atoms. The first-order chi connectivity index (χ1) is 13.5. The van der Waals surface area contributed by atoms with E-state index >= 15 is 0 Å². The normalized spacial score (nSPS) is 11.6. The number of anilines is 2. The number of hydrogen-bond donors (Lipinski definition) is 1. The van der Waals surface area contributed by atoms with Crippen molar-refractivity contribution >= 4 is 29.2 Å². The fourth-order valence-corrected chi connectivity index (χ4v) is 2.69. The van der Waals surface area contributed by atoms with Crippen molar-refractivity contribution in [3.63, 3.8) is 0 Å². The molecule has 3 rings (SSSR count). The molecule has 1 aliphatic rings.